The second kappa shape index (κ2) is 11.4. The van der Waals surface area contributed by atoms with E-state index in [1.807, 2.05) is 31.2 Å². The summed E-state index contributed by atoms with van der Waals surface area (Å²) < 4.78 is 17.5. The van der Waals surface area contributed by atoms with Crippen LogP contribution in [0.3, 0.4) is 0 Å². The molecule has 0 bridgehead atoms. The lowest BCUT2D eigenvalue weighted by atomic mass is 10.1. The van der Waals surface area contributed by atoms with Crippen LogP contribution in [0.2, 0.25) is 0 Å². The van der Waals surface area contributed by atoms with Crippen LogP contribution < -0.4 is 19.5 Å². The molecular weight excluding hydrogens is 508 g/mol. The van der Waals surface area contributed by atoms with Gasteiger partial charge in [0.2, 0.25) is 5.13 Å². The summed E-state index contributed by atoms with van der Waals surface area (Å²) in [5, 5.41) is 21.1. The van der Waals surface area contributed by atoms with Crippen molar-refractivity contribution in [2.75, 3.05) is 19.5 Å². The van der Waals surface area contributed by atoms with Gasteiger partial charge in [0.05, 0.1) is 14.2 Å². The zero-order valence-electron chi connectivity index (χ0n) is 18.2. The van der Waals surface area contributed by atoms with Crippen molar-refractivity contribution in [1.29, 1.82) is 5.26 Å². The van der Waals surface area contributed by atoms with Crippen LogP contribution in [0.4, 0.5) is 5.13 Å². The topological polar surface area (TPSA) is 106 Å². The zero-order chi connectivity index (χ0) is 23.8. The van der Waals surface area contributed by atoms with Crippen molar-refractivity contribution in [2.24, 2.45) is 0 Å². The average Bonchev–Trinajstić information content (AvgIpc) is 3.29. The van der Waals surface area contributed by atoms with Crippen molar-refractivity contribution in [2.45, 2.75) is 20.0 Å². The number of aryl methyl sites for hydroxylation is 1. The quantitative estimate of drug-likeness (QED) is 0.307. The highest BCUT2D eigenvalue weighted by atomic mass is 79.9. The number of benzene rings is 2. The number of nitriles is 1. The Labute approximate surface area is 204 Å². The first kappa shape index (κ1) is 24.2. The number of hydrogen-bond acceptors (Lipinski definition) is 8. The van der Waals surface area contributed by atoms with Crippen molar-refractivity contribution in [3.05, 3.63) is 62.6 Å². The van der Waals surface area contributed by atoms with Gasteiger partial charge in [0.15, 0.2) is 11.5 Å². The van der Waals surface area contributed by atoms with Crippen LogP contribution in [-0.2, 0) is 17.8 Å². The number of ether oxygens (including phenoxy) is 3. The molecule has 1 heterocycles. The molecule has 1 aromatic heterocycles. The molecule has 0 aliphatic rings. The Morgan fingerprint density at radius 3 is 2.67 bits per heavy atom. The minimum absolute atomic E-state index is 0.0701. The predicted molar refractivity (Wildman–Crippen MR) is 130 cm³/mol. The number of carbonyl (C=O) groups is 1. The molecule has 0 fully saturated rings. The zero-order valence-corrected chi connectivity index (χ0v) is 20.6. The second-order valence-corrected chi connectivity index (χ2v) is 8.55. The van der Waals surface area contributed by atoms with Crippen LogP contribution in [0.25, 0.3) is 6.08 Å². The number of nitrogens with one attached hydrogen (secondary N) is 1. The van der Waals surface area contributed by atoms with E-state index in [0.29, 0.717) is 22.2 Å². The van der Waals surface area contributed by atoms with Gasteiger partial charge in [0.25, 0.3) is 5.91 Å². The number of halogens is 1. The Morgan fingerprint density at radius 1 is 1.18 bits per heavy atom. The summed E-state index contributed by atoms with van der Waals surface area (Å²) in [6, 6.07) is 12.7. The number of nitrogens with zero attached hydrogens (tertiary/aromatic N) is 3. The van der Waals surface area contributed by atoms with E-state index in [9.17, 15) is 10.1 Å². The van der Waals surface area contributed by atoms with E-state index >= 15 is 0 Å². The van der Waals surface area contributed by atoms with Crippen molar-refractivity contribution in [1.82, 2.24) is 10.2 Å². The van der Waals surface area contributed by atoms with Gasteiger partial charge in [-0.1, -0.05) is 40.3 Å². The molecule has 1 amide bonds. The third-order valence-corrected chi connectivity index (χ3v) is 6.25. The first-order chi connectivity index (χ1) is 16.0. The number of rotatable bonds is 9. The second-order valence-electron chi connectivity index (χ2n) is 6.63. The van der Waals surface area contributed by atoms with Gasteiger partial charge in [0.1, 0.15) is 29.0 Å². The van der Waals surface area contributed by atoms with Crippen LogP contribution in [0, 0.1) is 11.3 Å². The number of hydrogen-bond donors (Lipinski definition) is 1. The third-order valence-electron chi connectivity index (χ3n) is 4.49. The summed E-state index contributed by atoms with van der Waals surface area (Å²) in [5.41, 5.74) is 1.45. The SMILES string of the molecule is CCc1nnc(NC(=O)/C(C#N)=C/c2ccc(OCc3cc(OC)ccc3Br)c(OC)c2)s1. The van der Waals surface area contributed by atoms with Crippen LogP contribution in [0.15, 0.2) is 46.4 Å². The van der Waals surface area contributed by atoms with E-state index in [-0.39, 0.29) is 12.2 Å². The monoisotopic (exact) mass is 528 g/mol. The maximum atomic E-state index is 12.5. The number of anilines is 1. The van der Waals surface area contributed by atoms with E-state index < -0.39 is 5.91 Å². The van der Waals surface area contributed by atoms with Crippen LogP contribution >= 0.6 is 27.3 Å². The summed E-state index contributed by atoms with van der Waals surface area (Å²) >= 11 is 4.78. The van der Waals surface area contributed by atoms with Crippen LogP contribution in [0.5, 0.6) is 17.2 Å². The molecule has 3 rings (SSSR count). The summed E-state index contributed by atoms with van der Waals surface area (Å²) in [7, 11) is 3.13. The smallest absolute Gasteiger partial charge is 0.268 e. The first-order valence-corrected chi connectivity index (χ1v) is 11.5. The Bertz CT molecular complexity index is 1220. The van der Waals surface area contributed by atoms with Crippen molar-refractivity contribution in [3.8, 4) is 23.3 Å². The molecule has 0 atom stereocenters. The minimum atomic E-state index is -0.557. The number of carbonyl (C=O) groups excluding carboxylic acids is 1. The highest BCUT2D eigenvalue weighted by molar-refractivity contribution is 9.10. The summed E-state index contributed by atoms with van der Waals surface area (Å²) in [5.74, 6) is 1.16. The Balaban J connectivity index is 1.75. The van der Waals surface area contributed by atoms with E-state index in [0.717, 1.165) is 27.2 Å². The van der Waals surface area contributed by atoms with Gasteiger partial charge in [-0.05, 0) is 48.4 Å². The third kappa shape index (κ3) is 6.31. The minimum Gasteiger partial charge on any atom is -0.497 e. The molecule has 0 unspecified atom stereocenters. The van der Waals surface area contributed by atoms with Gasteiger partial charge in [-0.3, -0.25) is 10.1 Å². The van der Waals surface area contributed by atoms with Gasteiger partial charge < -0.3 is 14.2 Å². The van der Waals surface area contributed by atoms with Crippen molar-refractivity contribution >= 4 is 44.4 Å². The summed E-state index contributed by atoms with van der Waals surface area (Å²) in [4.78, 5) is 12.5. The summed E-state index contributed by atoms with van der Waals surface area (Å²) in [6.07, 6.45) is 2.19. The molecule has 8 nitrogen and oxygen atoms in total. The summed E-state index contributed by atoms with van der Waals surface area (Å²) in [6.45, 7) is 2.24. The molecule has 0 spiro atoms. The van der Waals surface area contributed by atoms with E-state index in [2.05, 4.69) is 31.4 Å². The molecule has 0 saturated carbocycles. The van der Waals surface area contributed by atoms with Gasteiger partial charge in [-0.2, -0.15) is 5.26 Å². The molecule has 0 aliphatic heterocycles. The fraction of sp³-hybridized carbons (Fsp3) is 0.217. The van der Waals surface area contributed by atoms with Crippen molar-refractivity contribution < 1.29 is 19.0 Å². The molecule has 0 saturated heterocycles. The Hall–Kier alpha value is -3.42. The maximum Gasteiger partial charge on any atom is 0.268 e. The van der Waals surface area contributed by atoms with E-state index in [1.165, 1.54) is 24.5 Å². The molecule has 3 aromatic rings. The number of methoxy groups -OCH3 is 2. The molecule has 1 N–H and O–H groups in total. The molecule has 10 heteroatoms. The first-order valence-electron chi connectivity index (χ1n) is 9.86. The molecule has 2 aromatic carbocycles. The fourth-order valence-electron chi connectivity index (χ4n) is 2.76. The van der Waals surface area contributed by atoms with E-state index in [1.54, 1.807) is 25.3 Å². The van der Waals surface area contributed by atoms with Crippen LogP contribution in [-0.4, -0.2) is 30.3 Å². The number of aromatic nitrogens is 2. The fourth-order valence-corrected chi connectivity index (χ4v) is 3.80. The standard InChI is InChI=1S/C23H21BrN4O4S/c1-4-21-27-28-23(33-21)26-22(29)15(12-25)9-14-5-8-19(20(10-14)31-3)32-13-16-11-17(30-2)6-7-18(16)24/h5-11H,4,13H2,1-3H3,(H,26,28,29)/b15-9+. The molecule has 170 valence electrons. The lowest BCUT2D eigenvalue weighted by molar-refractivity contribution is -0.112. The van der Waals surface area contributed by atoms with Gasteiger partial charge in [0, 0.05) is 10.0 Å². The normalized spacial score (nSPS) is 10.9. The van der Waals surface area contributed by atoms with Gasteiger partial charge in [-0.25, -0.2) is 0 Å². The van der Waals surface area contributed by atoms with Gasteiger partial charge >= 0.3 is 0 Å². The maximum absolute atomic E-state index is 12.5. The van der Waals surface area contributed by atoms with E-state index in [4.69, 9.17) is 14.2 Å². The molecule has 33 heavy (non-hydrogen) atoms. The Kier molecular flexibility index (Phi) is 8.40. The largest absolute Gasteiger partial charge is 0.497 e. The predicted octanol–water partition coefficient (Wildman–Crippen LogP) is 5.00. The highest BCUT2D eigenvalue weighted by Gasteiger charge is 2.14. The van der Waals surface area contributed by atoms with Gasteiger partial charge in [-0.15, -0.1) is 10.2 Å². The lowest BCUT2D eigenvalue weighted by Crippen LogP contribution is -2.13. The van der Waals surface area contributed by atoms with Crippen molar-refractivity contribution in [3.63, 3.8) is 0 Å². The Morgan fingerprint density at radius 2 is 2.00 bits per heavy atom. The lowest BCUT2D eigenvalue weighted by Gasteiger charge is -2.13. The average molecular weight is 529 g/mol. The van der Waals surface area contributed by atoms with Crippen LogP contribution in [0.1, 0.15) is 23.1 Å². The molecular formula is C23H21BrN4O4S. The molecule has 0 aliphatic carbocycles. The molecule has 0 radical (unpaired) electrons. The highest BCUT2D eigenvalue weighted by Crippen LogP contribution is 2.31. The number of amides is 1.